The summed E-state index contributed by atoms with van der Waals surface area (Å²) < 4.78 is 0. The zero-order valence-electron chi connectivity index (χ0n) is 9.14. The van der Waals surface area contributed by atoms with Crippen molar-refractivity contribution in [3.63, 3.8) is 0 Å². The maximum absolute atomic E-state index is 10.4. The van der Waals surface area contributed by atoms with E-state index in [2.05, 4.69) is 20.2 Å². The lowest BCUT2D eigenvalue weighted by Gasteiger charge is -2.17. The number of nitrogens with one attached hydrogen (secondary N) is 1. The Morgan fingerprint density at radius 1 is 1.65 bits per heavy atom. The van der Waals surface area contributed by atoms with Gasteiger partial charge >= 0.3 is 6.09 Å². The molecule has 1 saturated heterocycles. The number of halogens is 1. The third kappa shape index (κ3) is 3.20. The molecule has 1 fully saturated rings. The summed E-state index contributed by atoms with van der Waals surface area (Å²) in [6.07, 6.45) is 1.40. The molecule has 1 atom stereocenters. The number of carbonyl (C=O) groups is 1. The third-order valence-electron chi connectivity index (χ3n) is 2.77. The highest BCUT2D eigenvalue weighted by Gasteiger charge is 2.23. The number of rotatable bonds is 3. The fraction of sp³-hybridized carbons (Fsp3) is 0.500. The standard InChI is InChI=1S/C10H13ClN4O2/c11-8-3-9(14-6-13-8)15-2-1-7(5-15)4-12-10(16)17/h3,6-7,12H,1-2,4-5H2,(H,16,17)/t7-/m1/s1. The van der Waals surface area contributed by atoms with Crippen LogP contribution in [0.5, 0.6) is 0 Å². The zero-order valence-corrected chi connectivity index (χ0v) is 9.89. The van der Waals surface area contributed by atoms with E-state index in [9.17, 15) is 4.79 Å². The van der Waals surface area contributed by atoms with Crippen molar-refractivity contribution in [2.45, 2.75) is 6.42 Å². The average Bonchev–Trinajstić information content (AvgIpc) is 2.75. The fourth-order valence-corrected chi connectivity index (χ4v) is 2.08. The molecule has 0 radical (unpaired) electrons. The summed E-state index contributed by atoms with van der Waals surface area (Å²) in [4.78, 5) is 20.4. The van der Waals surface area contributed by atoms with E-state index in [0.29, 0.717) is 17.6 Å². The van der Waals surface area contributed by atoms with Gasteiger partial charge in [-0.05, 0) is 12.3 Å². The average molecular weight is 257 g/mol. The molecule has 0 saturated carbocycles. The number of nitrogens with zero attached hydrogens (tertiary/aromatic N) is 3. The van der Waals surface area contributed by atoms with E-state index in [1.807, 2.05) is 0 Å². The SMILES string of the molecule is O=C(O)NC[C@H]1CCN(c2cc(Cl)ncn2)C1. The highest BCUT2D eigenvalue weighted by molar-refractivity contribution is 6.29. The molecular weight excluding hydrogens is 244 g/mol. The molecule has 1 aliphatic rings. The van der Waals surface area contributed by atoms with Gasteiger partial charge in [0.15, 0.2) is 0 Å². The molecule has 1 aromatic rings. The molecule has 0 spiro atoms. The summed E-state index contributed by atoms with van der Waals surface area (Å²) in [5, 5.41) is 11.4. The second kappa shape index (κ2) is 5.18. The smallest absolute Gasteiger partial charge is 0.404 e. The quantitative estimate of drug-likeness (QED) is 0.795. The van der Waals surface area contributed by atoms with Crippen LogP contribution in [0.1, 0.15) is 6.42 Å². The van der Waals surface area contributed by atoms with Crippen molar-refractivity contribution in [1.82, 2.24) is 15.3 Å². The van der Waals surface area contributed by atoms with Crippen molar-refractivity contribution in [2.24, 2.45) is 5.92 Å². The minimum absolute atomic E-state index is 0.319. The van der Waals surface area contributed by atoms with Gasteiger partial charge in [-0.2, -0.15) is 0 Å². The molecule has 0 aromatic carbocycles. The predicted molar refractivity (Wildman–Crippen MR) is 63.4 cm³/mol. The second-order valence-corrected chi connectivity index (χ2v) is 4.37. The Morgan fingerprint density at radius 3 is 3.18 bits per heavy atom. The Kier molecular flexibility index (Phi) is 3.63. The first-order valence-corrected chi connectivity index (χ1v) is 5.72. The van der Waals surface area contributed by atoms with Gasteiger partial charge in [0, 0.05) is 25.7 Å². The summed E-state index contributed by atoms with van der Waals surface area (Å²) in [5.41, 5.74) is 0. The van der Waals surface area contributed by atoms with Crippen LogP contribution in [0, 0.1) is 5.92 Å². The number of amides is 1. The maximum atomic E-state index is 10.4. The van der Waals surface area contributed by atoms with Crippen molar-refractivity contribution in [3.05, 3.63) is 17.5 Å². The molecule has 0 unspecified atom stereocenters. The zero-order chi connectivity index (χ0) is 12.3. The highest BCUT2D eigenvalue weighted by Crippen LogP contribution is 2.22. The van der Waals surface area contributed by atoms with E-state index in [-0.39, 0.29) is 0 Å². The summed E-state index contributed by atoms with van der Waals surface area (Å²) in [5.74, 6) is 1.11. The van der Waals surface area contributed by atoms with Crippen LogP contribution in [-0.2, 0) is 0 Å². The van der Waals surface area contributed by atoms with Crippen LogP contribution in [-0.4, -0.2) is 40.8 Å². The Labute approximate surface area is 104 Å². The summed E-state index contributed by atoms with van der Waals surface area (Å²) in [6, 6.07) is 1.72. The van der Waals surface area contributed by atoms with Crippen LogP contribution in [0.3, 0.4) is 0 Å². The van der Waals surface area contributed by atoms with Gasteiger partial charge in [-0.25, -0.2) is 14.8 Å². The van der Waals surface area contributed by atoms with Crippen molar-refractivity contribution < 1.29 is 9.90 Å². The van der Waals surface area contributed by atoms with Gasteiger partial charge in [-0.15, -0.1) is 0 Å². The number of aromatic nitrogens is 2. The molecule has 0 aliphatic carbocycles. The van der Waals surface area contributed by atoms with E-state index in [1.54, 1.807) is 6.07 Å². The van der Waals surface area contributed by atoms with Gasteiger partial charge in [0.1, 0.15) is 17.3 Å². The molecule has 7 heteroatoms. The lowest BCUT2D eigenvalue weighted by atomic mass is 10.1. The molecule has 2 rings (SSSR count). The number of carboxylic acid groups (broad SMARTS) is 1. The largest absolute Gasteiger partial charge is 0.465 e. The van der Waals surface area contributed by atoms with Crippen LogP contribution in [0.15, 0.2) is 12.4 Å². The van der Waals surface area contributed by atoms with E-state index < -0.39 is 6.09 Å². The minimum atomic E-state index is -0.978. The van der Waals surface area contributed by atoms with Gasteiger partial charge in [-0.1, -0.05) is 11.6 Å². The van der Waals surface area contributed by atoms with Crippen LogP contribution in [0.2, 0.25) is 5.15 Å². The summed E-state index contributed by atoms with van der Waals surface area (Å²) in [6.45, 7) is 2.12. The van der Waals surface area contributed by atoms with Crippen LogP contribution >= 0.6 is 11.6 Å². The van der Waals surface area contributed by atoms with Gasteiger partial charge in [0.2, 0.25) is 0 Å². The van der Waals surface area contributed by atoms with Gasteiger partial charge < -0.3 is 15.3 Å². The molecule has 0 bridgehead atoms. The topological polar surface area (TPSA) is 78.4 Å². The Balaban J connectivity index is 1.91. The molecule has 17 heavy (non-hydrogen) atoms. The molecule has 2 N–H and O–H groups in total. The fourth-order valence-electron chi connectivity index (χ4n) is 1.94. The first kappa shape index (κ1) is 11.9. The lowest BCUT2D eigenvalue weighted by Crippen LogP contribution is -2.29. The van der Waals surface area contributed by atoms with Crippen LogP contribution < -0.4 is 10.2 Å². The number of hydrogen-bond acceptors (Lipinski definition) is 4. The molecule has 2 heterocycles. The Bertz CT molecular complexity index is 415. The maximum Gasteiger partial charge on any atom is 0.404 e. The van der Waals surface area contributed by atoms with Crippen molar-refractivity contribution in [3.8, 4) is 0 Å². The molecular formula is C10H13ClN4O2. The second-order valence-electron chi connectivity index (χ2n) is 3.99. The number of anilines is 1. The van der Waals surface area contributed by atoms with E-state index in [0.717, 1.165) is 25.3 Å². The molecule has 92 valence electrons. The van der Waals surface area contributed by atoms with Crippen molar-refractivity contribution in [1.29, 1.82) is 0 Å². The molecule has 1 aromatic heterocycles. The first-order valence-electron chi connectivity index (χ1n) is 5.34. The van der Waals surface area contributed by atoms with Crippen molar-refractivity contribution >= 4 is 23.5 Å². The molecule has 1 aliphatic heterocycles. The van der Waals surface area contributed by atoms with Gasteiger partial charge in [0.05, 0.1) is 0 Å². The predicted octanol–water partition coefficient (Wildman–Crippen LogP) is 1.22. The van der Waals surface area contributed by atoms with Crippen LogP contribution in [0.4, 0.5) is 10.6 Å². The monoisotopic (exact) mass is 256 g/mol. The van der Waals surface area contributed by atoms with Gasteiger partial charge in [0.25, 0.3) is 0 Å². The Morgan fingerprint density at radius 2 is 2.47 bits per heavy atom. The van der Waals surface area contributed by atoms with E-state index >= 15 is 0 Å². The van der Waals surface area contributed by atoms with E-state index in [4.69, 9.17) is 16.7 Å². The summed E-state index contributed by atoms with van der Waals surface area (Å²) in [7, 11) is 0. The Hall–Kier alpha value is -1.56. The van der Waals surface area contributed by atoms with Crippen LogP contribution in [0.25, 0.3) is 0 Å². The minimum Gasteiger partial charge on any atom is -0.465 e. The van der Waals surface area contributed by atoms with E-state index in [1.165, 1.54) is 6.33 Å². The normalized spacial score (nSPS) is 19.4. The van der Waals surface area contributed by atoms with Gasteiger partial charge in [-0.3, -0.25) is 0 Å². The summed E-state index contributed by atoms with van der Waals surface area (Å²) >= 11 is 5.79. The number of hydrogen-bond donors (Lipinski definition) is 2. The lowest BCUT2D eigenvalue weighted by molar-refractivity contribution is 0.192. The highest BCUT2D eigenvalue weighted by atomic mass is 35.5. The third-order valence-corrected chi connectivity index (χ3v) is 2.98. The molecule has 1 amide bonds. The first-order chi connectivity index (χ1) is 8.15. The molecule has 6 nitrogen and oxygen atoms in total. The van der Waals surface area contributed by atoms with Crippen molar-refractivity contribution in [2.75, 3.05) is 24.5 Å².